The van der Waals surface area contributed by atoms with Crippen LogP contribution in [0.15, 0.2) is 0 Å². The molecule has 0 bridgehead atoms. The van der Waals surface area contributed by atoms with Crippen LogP contribution in [-0.2, 0) is 9.53 Å². The van der Waals surface area contributed by atoms with Gasteiger partial charge in [-0.3, -0.25) is 4.79 Å². The minimum absolute atomic E-state index is 0.0519. The highest BCUT2D eigenvalue weighted by Gasteiger charge is 2.49. The first-order chi connectivity index (χ1) is 8.96. The molecule has 0 radical (unpaired) electrons. The molecule has 2 rings (SSSR count). The Morgan fingerprint density at radius 3 is 2.74 bits per heavy atom. The van der Waals surface area contributed by atoms with Crippen molar-refractivity contribution in [2.75, 3.05) is 19.8 Å². The van der Waals surface area contributed by atoms with Crippen molar-refractivity contribution in [1.29, 1.82) is 0 Å². The van der Waals surface area contributed by atoms with Gasteiger partial charge in [0.1, 0.15) is 0 Å². The second-order valence-electron chi connectivity index (χ2n) is 6.34. The lowest BCUT2D eigenvalue weighted by atomic mass is 9.64. The number of nitrogens with one attached hydrogen (secondary N) is 2. The van der Waals surface area contributed by atoms with Crippen LogP contribution in [0.4, 0.5) is 0 Å². The third-order valence-electron chi connectivity index (χ3n) is 4.61. The van der Waals surface area contributed by atoms with Gasteiger partial charge in [-0.1, -0.05) is 20.8 Å². The summed E-state index contributed by atoms with van der Waals surface area (Å²) in [5, 5.41) is 16.1. The largest absolute Gasteiger partial charge is 0.392 e. The minimum atomic E-state index is -0.313. The van der Waals surface area contributed by atoms with Crippen molar-refractivity contribution in [3.05, 3.63) is 0 Å². The third kappa shape index (κ3) is 2.93. The van der Waals surface area contributed by atoms with E-state index in [1.165, 1.54) is 0 Å². The molecule has 1 amide bonds. The van der Waals surface area contributed by atoms with E-state index in [9.17, 15) is 9.90 Å². The summed E-state index contributed by atoms with van der Waals surface area (Å²) in [6.07, 6.45) is 1.39. The topological polar surface area (TPSA) is 70.6 Å². The summed E-state index contributed by atoms with van der Waals surface area (Å²) in [5.41, 5.74) is -0.221. The molecule has 5 heteroatoms. The maximum atomic E-state index is 12.3. The van der Waals surface area contributed by atoms with E-state index in [1.54, 1.807) is 0 Å². The van der Waals surface area contributed by atoms with Gasteiger partial charge in [-0.2, -0.15) is 0 Å². The number of amides is 1. The van der Waals surface area contributed by atoms with Crippen LogP contribution in [0.3, 0.4) is 0 Å². The van der Waals surface area contributed by atoms with Crippen molar-refractivity contribution < 1.29 is 14.6 Å². The molecule has 1 aliphatic heterocycles. The Morgan fingerprint density at radius 1 is 1.42 bits per heavy atom. The molecule has 5 nitrogen and oxygen atoms in total. The zero-order valence-electron chi connectivity index (χ0n) is 12.1. The molecule has 110 valence electrons. The van der Waals surface area contributed by atoms with Gasteiger partial charge >= 0.3 is 0 Å². The molecule has 0 spiro atoms. The summed E-state index contributed by atoms with van der Waals surface area (Å²) >= 11 is 0. The summed E-state index contributed by atoms with van der Waals surface area (Å²) in [6, 6.07) is 0.190. The van der Waals surface area contributed by atoms with Crippen LogP contribution >= 0.6 is 0 Å². The SMILES string of the molecule is CCCNC1COCC1C(=O)NC1CC(O)C1(C)C. The summed E-state index contributed by atoms with van der Waals surface area (Å²) in [5.74, 6) is -0.0591. The average molecular weight is 270 g/mol. The monoisotopic (exact) mass is 270 g/mol. The Balaban J connectivity index is 1.86. The van der Waals surface area contributed by atoms with Crippen LogP contribution in [0.1, 0.15) is 33.6 Å². The van der Waals surface area contributed by atoms with Crippen LogP contribution in [0.2, 0.25) is 0 Å². The zero-order chi connectivity index (χ0) is 14.0. The van der Waals surface area contributed by atoms with Gasteiger partial charge in [-0.05, 0) is 19.4 Å². The van der Waals surface area contributed by atoms with E-state index >= 15 is 0 Å². The number of rotatable bonds is 5. The molecule has 0 aromatic carbocycles. The molecule has 1 saturated carbocycles. The molecule has 4 unspecified atom stereocenters. The number of hydrogen-bond donors (Lipinski definition) is 3. The van der Waals surface area contributed by atoms with E-state index < -0.39 is 0 Å². The lowest BCUT2D eigenvalue weighted by molar-refractivity contribution is -0.133. The molecule has 4 atom stereocenters. The number of aliphatic hydroxyl groups excluding tert-OH is 1. The zero-order valence-corrected chi connectivity index (χ0v) is 12.1. The maximum Gasteiger partial charge on any atom is 0.227 e. The first-order valence-corrected chi connectivity index (χ1v) is 7.26. The Bertz CT molecular complexity index is 333. The summed E-state index contributed by atoms with van der Waals surface area (Å²) in [7, 11) is 0. The van der Waals surface area contributed by atoms with Gasteiger partial charge in [0.15, 0.2) is 0 Å². The van der Waals surface area contributed by atoms with Crippen molar-refractivity contribution in [3.8, 4) is 0 Å². The highest BCUT2D eigenvalue weighted by atomic mass is 16.5. The molecule has 1 saturated heterocycles. The fourth-order valence-corrected chi connectivity index (χ4v) is 2.77. The number of hydrogen-bond acceptors (Lipinski definition) is 4. The van der Waals surface area contributed by atoms with E-state index in [-0.39, 0.29) is 35.4 Å². The van der Waals surface area contributed by atoms with Crippen LogP contribution < -0.4 is 10.6 Å². The van der Waals surface area contributed by atoms with Crippen LogP contribution in [0.5, 0.6) is 0 Å². The van der Waals surface area contributed by atoms with Crippen LogP contribution in [0.25, 0.3) is 0 Å². The predicted octanol–water partition coefficient (Wildman–Crippen LogP) is 0.277. The molecule has 2 aliphatic rings. The van der Waals surface area contributed by atoms with Crippen molar-refractivity contribution >= 4 is 5.91 Å². The molecule has 2 fully saturated rings. The van der Waals surface area contributed by atoms with Crippen LogP contribution in [0, 0.1) is 11.3 Å². The summed E-state index contributed by atoms with van der Waals surface area (Å²) < 4.78 is 5.42. The molecular formula is C14H26N2O3. The Kier molecular flexibility index (Phi) is 4.48. The van der Waals surface area contributed by atoms with Gasteiger partial charge in [-0.25, -0.2) is 0 Å². The molecule has 3 N–H and O–H groups in total. The van der Waals surface area contributed by atoms with E-state index in [0.29, 0.717) is 19.6 Å². The van der Waals surface area contributed by atoms with Crippen LogP contribution in [-0.4, -0.2) is 49.0 Å². The molecular weight excluding hydrogens is 244 g/mol. The number of ether oxygens (including phenoxy) is 1. The third-order valence-corrected chi connectivity index (χ3v) is 4.61. The average Bonchev–Trinajstić information content (AvgIpc) is 2.84. The highest BCUT2D eigenvalue weighted by molar-refractivity contribution is 5.80. The van der Waals surface area contributed by atoms with Gasteiger partial charge in [-0.15, -0.1) is 0 Å². The normalized spacial score (nSPS) is 36.8. The van der Waals surface area contributed by atoms with Crippen molar-refractivity contribution in [2.24, 2.45) is 11.3 Å². The Labute approximate surface area is 115 Å². The molecule has 0 aromatic rings. The summed E-state index contributed by atoms with van der Waals surface area (Å²) in [6.45, 7) is 8.09. The van der Waals surface area contributed by atoms with Gasteiger partial charge in [0.25, 0.3) is 0 Å². The smallest absolute Gasteiger partial charge is 0.227 e. The minimum Gasteiger partial charge on any atom is -0.392 e. The summed E-state index contributed by atoms with van der Waals surface area (Å²) in [4.78, 5) is 12.3. The second-order valence-corrected chi connectivity index (χ2v) is 6.34. The second kappa shape index (κ2) is 5.77. The van der Waals surface area contributed by atoms with Crippen molar-refractivity contribution in [1.82, 2.24) is 10.6 Å². The quantitative estimate of drug-likeness (QED) is 0.671. The standard InChI is InChI=1S/C14H26N2O3/c1-4-5-15-10-8-19-7-9(10)13(18)16-11-6-12(17)14(11,2)3/h9-12,15,17H,4-8H2,1-3H3,(H,16,18). The maximum absolute atomic E-state index is 12.3. The van der Waals surface area contributed by atoms with Gasteiger partial charge < -0.3 is 20.5 Å². The lowest BCUT2D eigenvalue weighted by Gasteiger charge is -2.49. The molecule has 19 heavy (non-hydrogen) atoms. The Hall–Kier alpha value is -0.650. The number of carbonyl (C=O) groups excluding carboxylic acids is 1. The molecule has 1 heterocycles. The molecule has 1 aliphatic carbocycles. The van der Waals surface area contributed by atoms with E-state index in [4.69, 9.17) is 4.74 Å². The predicted molar refractivity (Wildman–Crippen MR) is 72.7 cm³/mol. The first kappa shape index (κ1) is 14.8. The highest BCUT2D eigenvalue weighted by Crippen LogP contribution is 2.40. The van der Waals surface area contributed by atoms with E-state index in [0.717, 1.165) is 13.0 Å². The van der Waals surface area contributed by atoms with Gasteiger partial charge in [0, 0.05) is 17.5 Å². The van der Waals surface area contributed by atoms with Gasteiger partial charge in [0.05, 0.1) is 25.2 Å². The fraction of sp³-hybridized carbons (Fsp3) is 0.929. The lowest BCUT2D eigenvalue weighted by Crippen LogP contribution is -2.62. The fourth-order valence-electron chi connectivity index (χ4n) is 2.77. The Morgan fingerprint density at radius 2 is 2.16 bits per heavy atom. The number of carbonyl (C=O) groups is 1. The van der Waals surface area contributed by atoms with E-state index in [1.807, 2.05) is 13.8 Å². The first-order valence-electron chi connectivity index (χ1n) is 7.26. The van der Waals surface area contributed by atoms with Crippen molar-refractivity contribution in [3.63, 3.8) is 0 Å². The van der Waals surface area contributed by atoms with E-state index in [2.05, 4.69) is 17.6 Å². The van der Waals surface area contributed by atoms with Crippen molar-refractivity contribution in [2.45, 2.75) is 51.8 Å². The van der Waals surface area contributed by atoms with Gasteiger partial charge in [0.2, 0.25) is 5.91 Å². The number of aliphatic hydroxyl groups is 1. The molecule has 0 aromatic heterocycles.